The number of hydrogen-bond acceptors (Lipinski definition) is 7. The molecule has 4 N–H and O–H groups in total. The molecule has 0 radical (unpaired) electrons. The van der Waals surface area contributed by atoms with Crippen LogP contribution in [0.3, 0.4) is 0 Å². The van der Waals surface area contributed by atoms with E-state index in [2.05, 4.69) is 25.4 Å². The van der Waals surface area contributed by atoms with E-state index in [1.807, 2.05) is 0 Å². The van der Waals surface area contributed by atoms with Crippen LogP contribution >= 0.6 is 11.8 Å². The van der Waals surface area contributed by atoms with Crippen LogP contribution in [0.2, 0.25) is 0 Å². The van der Waals surface area contributed by atoms with Crippen LogP contribution in [0, 0.1) is 6.92 Å². The van der Waals surface area contributed by atoms with Crippen molar-refractivity contribution in [2.45, 2.75) is 17.1 Å². The second-order valence-electron chi connectivity index (χ2n) is 3.12. The van der Waals surface area contributed by atoms with E-state index in [1.54, 1.807) is 13.0 Å². The number of anilines is 1. The molecule has 88 valence electrons. The topological polar surface area (TPSA) is 110 Å². The number of nitrogens with one attached hydrogen (secondary N) is 2. The minimum atomic E-state index is -0.203. The molecule has 0 aliphatic carbocycles. The highest BCUT2D eigenvalue weighted by Crippen LogP contribution is 2.22. The Labute approximate surface area is 101 Å². The first-order valence-electron chi connectivity index (χ1n) is 4.73. The SMILES string of the molecule is Cc1nc(NN)cc(Sc2nccc(=O)[nH]2)n1. The van der Waals surface area contributed by atoms with E-state index < -0.39 is 0 Å². The summed E-state index contributed by atoms with van der Waals surface area (Å²) in [6, 6.07) is 3.02. The van der Waals surface area contributed by atoms with Crippen molar-refractivity contribution in [3.63, 3.8) is 0 Å². The largest absolute Gasteiger partial charge is 0.308 e. The standard InChI is InChI=1S/C9H10N6OS/c1-5-12-6(15-10)4-8(13-5)17-9-11-3-2-7(16)14-9/h2-4H,10H2,1H3,(H,11,14,16)(H,12,13,15). The normalized spacial score (nSPS) is 10.2. The molecule has 0 bridgehead atoms. The Morgan fingerprint density at radius 3 is 3.00 bits per heavy atom. The molecule has 2 aromatic rings. The highest BCUT2D eigenvalue weighted by molar-refractivity contribution is 7.99. The number of hydrogen-bond donors (Lipinski definition) is 3. The van der Waals surface area contributed by atoms with E-state index in [0.29, 0.717) is 21.8 Å². The Kier molecular flexibility index (Phi) is 3.35. The molecule has 17 heavy (non-hydrogen) atoms. The Morgan fingerprint density at radius 1 is 1.47 bits per heavy atom. The van der Waals surface area contributed by atoms with Crippen LogP contribution in [0.1, 0.15) is 5.82 Å². The molecule has 0 saturated carbocycles. The average molecular weight is 250 g/mol. The molecule has 2 rings (SSSR count). The molecule has 7 nitrogen and oxygen atoms in total. The first-order valence-corrected chi connectivity index (χ1v) is 5.54. The van der Waals surface area contributed by atoms with Crippen LogP contribution in [0.25, 0.3) is 0 Å². The molecule has 0 saturated heterocycles. The van der Waals surface area contributed by atoms with Crippen LogP contribution in [0.5, 0.6) is 0 Å². The van der Waals surface area contributed by atoms with Gasteiger partial charge in [0.05, 0.1) is 0 Å². The number of aromatic amines is 1. The minimum absolute atomic E-state index is 0.203. The molecule has 0 unspecified atom stereocenters. The van der Waals surface area contributed by atoms with Crippen molar-refractivity contribution in [3.05, 3.63) is 34.5 Å². The maximum atomic E-state index is 11.1. The van der Waals surface area contributed by atoms with Crippen molar-refractivity contribution >= 4 is 17.6 Å². The Bertz CT molecular complexity index is 584. The van der Waals surface area contributed by atoms with Gasteiger partial charge in [0.25, 0.3) is 5.56 Å². The fraction of sp³-hybridized carbons (Fsp3) is 0.111. The van der Waals surface area contributed by atoms with Crippen molar-refractivity contribution < 1.29 is 0 Å². The fourth-order valence-corrected chi connectivity index (χ4v) is 1.98. The summed E-state index contributed by atoms with van der Waals surface area (Å²) in [4.78, 5) is 26.0. The highest BCUT2D eigenvalue weighted by atomic mass is 32.2. The van der Waals surface area contributed by atoms with Crippen LogP contribution in [-0.2, 0) is 0 Å². The average Bonchev–Trinajstić information content (AvgIpc) is 2.28. The first-order chi connectivity index (χ1) is 8.17. The van der Waals surface area contributed by atoms with Crippen LogP contribution in [-0.4, -0.2) is 19.9 Å². The zero-order chi connectivity index (χ0) is 12.3. The predicted molar refractivity (Wildman–Crippen MR) is 63.6 cm³/mol. The monoisotopic (exact) mass is 250 g/mol. The number of rotatable bonds is 3. The molecule has 2 heterocycles. The number of nitrogens with two attached hydrogens (primary N) is 1. The van der Waals surface area contributed by atoms with Crippen LogP contribution in [0.4, 0.5) is 5.82 Å². The van der Waals surface area contributed by atoms with Crippen molar-refractivity contribution in [3.8, 4) is 0 Å². The summed E-state index contributed by atoms with van der Waals surface area (Å²) in [7, 11) is 0. The summed E-state index contributed by atoms with van der Waals surface area (Å²) in [6.45, 7) is 1.76. The lowest BCUT2D eigenvalue weighted by atomic mass is 10.5. The molecule has 0 aromatic carbocycles. The molecule has 2 aromatic heterocycles. The van der Waals surface area contributed by atoms with Gasteiger partial charge in [-0.15, -0.1) is 0 Å². The Morgan fingerprint density at radius 2 is 2.29 bits per heavy atom. The molecular weight excluding hydrogens is 240 g/mol. The van der Waals surface area contributed by atoms with Gasteiger partial charge in [-0.05, 0) is 18.7 Å². The molecule has 0 fully saturated rings. The van der Waals surface area contributed by atoms with Gasteiger partial charge in [-0.2, -0.15) is 0 Å². The zero-order valence-electron chi connectivity index (χ0n) is 8.97. The third-order valence-electron chi connectivity index (χ3n) is 1.81. The van der Waals surface area contributed by atoms with E-state index in [0.717, 1.165) is 0 Å². The quantitative estimate of drug-likeness (QED) is 0.311. The van der Waals surface area contributed by atoms with Gasteiger partial charge >= 0.3 is 0 Å². The highest BCUT2D eigenvalue weighted by Gasteiger charge is 2.04. The lowest BCUT2D eigenvalue weighted by Gasteiger charge is -2.04. The maximum absolute atomic E-state index is 11.1. The molecule has 0 aliphatic heterocycles. The van der Waals surface area contributed by atoms with Crippen molar-refractivity contribution in [1.82, 2.24) is 19.9 Å². The summed E-state index contributed by atoms with van der Waals surface area (Å²) in [5, 5.41) is 1.12. The third-order valence-corrected chi connectivity index (χ3v) is 2.63. The predicted octanol–water partition coefficient (Wildman–Crippen LogP) is 0.305. The molecule has 0 amide bonds. The van der Waals surface area contributed by atoms with E-state index >= 15 is 0 Å². The maximum Gasteiger partial charge on any atom is 0.251 e. The Balaban J connectivity index is 2.29. The number of nitrogens with zero attached hydrogens (tertiary/aromatic N) is 3. The second-order valence-corrected chi connectivity index (χ2v) is 4.13. The van der Waals surface area contributed by atoms with Gasteiger partial charge in [-0.3, -0.25) is 4.79 Å². The van der Waals surface area contributed by atoms with E-state index in [1.165, 1.54) is 24.0 Å². The van der Waals surface area contributed by atoms with Gasteiger partial charge in [-0.1, -0.05) is 0 Å². The summed E-state index contributed by atoms with van der Waals surface area (Å²) < 4.78 is 0. The smallest absolute Gasteiger partial charge is 0.251 e. The molecule has 0 atom stereocenters. The third kappa shape index (κ3) is 3.02. The van der Waals surface area contributed by atoms with Crippen molar-refractivity contribution in [2.24, 2.45) is 5.84 Å². The molecule has 8 heteroatoms. The Hall–Kier alpha value is -1.93. The first kappa shape index (κ1) is 11.6. The number of aromatic nitrogens is 4. The van der Waals surface area contributed by atoms with Crippen LogP contribution < -0.4 is 16.8 Å². The molecular formula is C9H10N6OS. The number of hydrazine groups is 1. The van der Waals surface area contributed by atoms with E-state index in [4.69, 9.17) is 5.84 Å². The van der Waals surface area contributed by atoms with Gasteiger partial charge in [0.1, 0.15) is 16.7 Å². The lowest BCUT2D eigenvalue weighted by molar-refractivity contribution is 0.919. The van der Waals surface area contributed by atoms with Crippen molar-refractivity contribution in [1.29, 1.82) is 0 Å². The van der Waals surface area contributed by atoms with Gasteiger partial charge in [-0.25, -0.2) is 20.8 Å². The summed E-state index contributed by atoms with van der Waals surface area (Å²) >= 11 is 1.23. The summed E-state index contributed by atoms with van der Waals surface area (Å²) in [5.74, 6) is 6.38. The lowest BCUT2D eigenvalue weighted by Crippen LogP contribution is -2.10. The number of nitrogen functional groups attached to an aromatic ring is 1. The zero-order valence-corrected chi connectivity index (χ0v) is 9.78. The van der Waals surface area contributed by atoms with Crippen molar-refractivity contribution in [2.75, 3.05) is 5.43 Å². The van der Waals surface area contributed by atoms with E-state index in [9.17, 15) is 4.79 Å². The van der Waals surface area contributed by atoms with Gasteiger partial charge in [0.15, 0.2) is 5.16 Å². The molecule has 0 aliphatic rings. The van der Waals surface area contributed by atoms with Gasteiger partial charge in [0.2, 0.25) is 0 Å². The van der Waals surface area contributed by atoms with Crippen LogP contribution in [0.15, 0.2) is 33.3 Å². The second kappa shape index (κ2) is 4.93. The van der Waals surface area contributed by atoms with Gasteiger partial charge in [0, 0.05) is 18.3 Å². The van der Waals surface area contributed by atoms with E-state index in [-0.39, 0.29) is 5.56 Å². The summed E-state index contributed by atoms with van der Waals surface area (Å²) in [6.07, 6.45) is 1.44. The summed E-state index contributed by atoms with van der Waals surface area (Å²) in [5.41, 5.74) is 2.25. The van der Waals surface area contributed by atoms with Gasteiger partial charge < -0.3 is 10.4 Å². The fourth-order valence-electron chi connectivity index (χ4n) is 1.17. The minimum Gasteiger partial charge on any atom is -0.308 e. The number of H-pyrrole nitrogens is 1. The number of aryl methyl sites for hydroxylation is 1. The molecule has 0 spiro atoms.